The zero-order valence-corrected chi connectivity index (χ0v) is 24.4. The fraction of sp³-hybridized carbons (Fsp3) is 0.862. The molecule has 4 rings (SSSR count). The minimum absolute atomic E-state index is 0.218. The lowest BCUT2D eigenvalue weighted by Gasteiger charge is -2.34. The minimum Gasteiger partial charge on any atom is -0.448 e. The van der Waals surface area contributed by atoms with Crippen LogP contribution in [0.4, 0.5) is 4.79 Å². The predicted molar refractivity (Wildman–Crippen MR) is 153 cm³/mol. The van der Waals surface area contributed by atoms with Crippen molar-refractivity contribution < 1.29 is 19.1 Å². The molecule has 0 aromatic rings. The Morgan fingerprint density at radius 3 is 2.38 bits per heavy atom. The molecule has 4 fully saturated rings. The Hall–Kier alpha value is -2.42. The summed E-state index contributed by atoms with van der Waals surface area (Å²) in [7, 11) is 2.12. The van der Waals surface area contributed by atoms with Gasteiger partial charge in [0.25, 0.3) is 0 Å². The molecule has 11 heteroatoms. The van der Waals surface area contributed by atoms with Crippen LogP contribution in [0.5, 0.6) is 0 Å². The summed E-state index contributed by atoms with van der Waals surface area (Å²) in [5.41, 5.74) is -0.829. The number of likely N-dealkylation sites (N-methyl/N-ethyl adjacent to an activating group) is 1. The van der Waals surface area contributed by atoms with Gasteiger partial charge in [0.05, 0.1) is 19.3 Å². The van der Waals surface area contributed by atoms with Crippen LogP contribution in [0.3, 0.4) is 0 Å². The maximum atomic E-state index is 13.8. The van der Waals surface area contributed by atoms with Gasteiger partial charge < -0.3 is 24.6 Å². The molecule has 2 aliphatic heterocycles. The van der Waals surface area contributed by atoms with E-state index in [1.165, 1.54) is 19.3 Å². The highest BCUT2D eigenvalue weighted by molar-refractivity contribution is 5.96. The molecule has 2 aliphatic carbocycles. The van der Waals surface area contributed by atoms with Crippen LogP contribution in [0.1, 0.15) is 70.6 Å². The number of hydrogen-bond acceptors (Lipinski definition) is 8. The number of ether oxygens (including phenoxy) is 2. The van der Waals surface area contributed by atoms with E-state index in [2.05, 4.69) is 33.6 Å². The fourth-order valence-corrected chi connectivity index (χ4v) is 6.28. The average molecular weight is 560 g/mol. The average Bonchev–Trinajstić information content (AvgIpc) is 2.99. The van der Waals surface area contributed by atoms with Crippen LogP contribution in [0.25, 0.3) is 0 Å². The SMILES string of the molecule is CN1CCN(CCOC(=O)NC(=NC(CC2CCCCC2)C(=O)NC2(C#N)CCCCC2)N2CCOCC2)CC1. The van der Waals surface area contributed by atoms with Crippen molar-refractivity contribution in [3.05, 3.63) is 0 Å². The Labute approximate surface area is 239 Å². The molecule has 4 aliphatic rings. The molecule has 0 aromatic heterocycles. The number of piperazine rings is 1. The normalized spacial score (nSPS) is 24.1. The van der Waals surface area contributed by atoms with Crippen LogP contribution in [-0.2, 0) is 14.3 Å². The lowest BCUT2D eigenvalue weighted by molar-refractivity contribution is -0.124. The van der Waals surface area contributed by atoms with Gasteiger partial charge in [0.1, 0.15) is 18.2 Å². The van der Waals surface area contributed by atoms with E-state index in [1.807, 2.05) is 4.90 Å². The zero-order valence-electron chi connectivity index (χ0n) is 24.4. The molecular formula is C29H49N7O4. The second-order valence-electron chi connectivity index (χ2n) is 12.0. The smallest absolute Gasteiger partial charge is 0.414 e. The number of nitrogens with one attached hydrogen (secondary N) is 2. The summed E-state index contributed by atoms with van der Waals surface area (Å²) in [5.74, 6) is 0.544. The van der Waals surface area contributed by atoms with Crippen molar-refractivity contribution in [3.63, 3.8) is 0 Å². The van der Waals surface area contributed by atoms with E-state index in [1.54, 1.807) is 0 Å². The zero-order chi connectivity index (χ0) is 28.2. The number of nitriles is 1. The van der Waals surface area contributed by atoms with E-state index in [0.717, 1.165) is 58.3 Å². The largest absolute Gasteiger partial charge is 0.448 e. The van der Waals surface area contributed by atoms with Crippen molar-refractivity contribution in [1.82, 2.24) is 25.3 Å². The van der Waals surface area contributed by atoms with E-state index in [9.17, 15) is 14.9 Å². The van der Waals surface area contributed by atoms with E-state index >= 15 is 0 Å². The van der Waals surface area contributed by atoms with Crippen LogP contribution in [0.15, 0.2) is 4.99 Å². The summed E-state index contributed by atoms with van der Waals surface area (Å²) in [6.45, 7) is 7.12. The number of morpholine rings is 1. The van der Waals surface area contributed by atoms with Crippen LogP contribution < -0.4 is 10.6 Å². The standard InChI is InChI=1S/C29H49N7O4/c1-34-12-14-35(15-13-34)16-21-40-28(38)32-27(36-17-19-39-20-18-36)31-25(22-24-8-4-2-5-9-24)26(37)33-29(23-30)10-6-3-7-11-29/h24-25H,2-22H2,1H3,(H,33,37)(H,31,32,38). The van der Waals surface area contributed by atoms with Crippen LogP contribution in [0.2, 0.25) is 0 Å². The number of aliphatic imine (C=N–C) groups is 1. The van der Waals surface area contributed by atoms with Gasteiger partial charge in [-0.2, -0.15) is 5.26 Å². The number of carbonyl (C=O) groups is 2. The Bertz CT molecular complexity index is 881. The first-order valence-electron chi connectivity index (χ1n) is 15.4. The number of carbonyl (C=O) groups excluding carboxylic acids is 2. The summed E-state index contributed by atoms with van der Waals surface area (Å²) in [4.78, 5) is 38.1. The number of alkyl carbamates (subject to hydrolysis) is 1. The monoisotopic (exact) mass is 559 g/mol. The second-order valence-corrected chi connectivity index (χ2v) is 12.0. The van der Waals surface area contributed by atoms with Gasteiger partial charge in [-0.3, -0.25) is 15.0 Å². The van der Waals surface area contributed by atoms with Gasteiger partial charge >= 0.3 is 6.09 Å². The minimum atomic E-state index is -0.829. The van der Waals surface area contributed by atoms with Crippen molar-refractivity contribution in [1.29, 1.82) is 5.26 Å². The summed E-state index contributed by atoms with van der Waals surface area (Å²) >= 11 is 0. The number of hydrogen-bond donors (Lipinski definition) is 2. The van der Waals surface area contributed by atoms with Gasteiger partial charge in [0, 0.05) is 45.8 Å². The molecule has 2 saturated carbocycles. The highest BCUT2D eigenvalue weighted by Crippen LogP contribution is 2.30. The number of amides is 2. The molecule has 224 valence electrons. The highest BCUT2D eigenvalue weighted by Gasteiger charge is 2.37. The molecule has 2 heterocycles. The first-order valence-corrected chi connectivity index (χ1v) is 15.4. The Balaban J connectivity index is 1.45. The molecular weight excluding hydrogens is 510 g/mol. The van der Waals surface area contributed by atoms with Crippen LogP contribution in [-0.4, -0.2) is 117 Å². The van der Waals surface area contributed by atoms with Gasteiger partial charge in [-0.25, -0.2) is 9.79 Å². The molecule has 11 nitrogen and oxygen atoms in total. The van der Waals surface area contributed by atoms with E-state index in [4.69, 9.17) is 14.5 Å². The van der Waals surface area contributed by atoms with E-state index in [0.29, 0.717) is 70.6 Å². The lowest BCUT2D eigenvalue weighted by atomic mass is 9.81. The molecule has 0 radical (unpaired) electrons. The maximum absolute atomic E-state index is 13.8. The topological polar surface area (TPSA) is 123 Å². The molecule has 1 unspecified atom stereocenters. The molecule has 2 saturated heterocycles. The van der Waals surface area contributed by atoms with Crippen molar-refractivity contribution in [2.24, 2.45) is 10.9 Å². The first kappa shape index (κ1) is 30.5. The van der Waals surface area contributed by atoms with Gasteiger partial charge in [-0.1, -0.05) is 51.4 Å². The van der Waals surface area contributed by atoms with Crippen LogP contribution in [0, 0.1) is 17.2 Å². The molecule has 40 heavy (non-hydrogen) atoms. The van der Waals surface area contributed by atoms with Crippen molar-refractivity contribution in [2.75, 3.05) is 72.7 Å². The lowest BCUT2D eigenvalue weighted by Crippen LogP contribution is -2.54. The van der Waals surface area contributed by atoms with E-state index < -0.39 is 17.7 Å². The van der Waals surface area contributed by atoms with E-state index in [-0.39, 0.29) is 5.91 Å². The molecule has 0 spiro atoms. The number of rotatable bonds is 8. The van der Waals surface area contributed by atoms with Crippen LogP contribution >= 0.6 is 0 Å². The molecule has 0 bridgehead atoms. The Morgan fingerprint density at radius 2 is 1.70 bits per heavy atom. The second kappa shape index (κ2) is 15.5. The fourth-order valence-electron chi connectivity index (χ4n) is 6.28. The van der Waals surface area contributed by atoms with Gasteiger partial charge in [0.15, 0.2) is 0 Å². The third kappa shape index (κ3) is 9.32. The third-order valence-electron chi connectivity index (χ3n) is 8.91. The Morgan fingerprint density at radius 1 is 1.02 bits per heavy atom. The summed E-state index contributed by atoms with van der Waals surface area (Å²) in [6, 6.07) is 1.72. The van der Waals surface area contributed by atoms with Crippen molar-refractivity contribution in [2.45, 2.75) is 82.2 Å². The summed E-state index contributed by atoms with van der Waals surface area (Å²) < 4.78 is 11.1. The number of guanidine groups is 1. The van der Waals surface area contributed by atoms with Gasteiger partial charge in [0.2, 0.25) is 11.9 Å². The molecule has 2 amide bonds. The predicted octanol–water partition coefficient (Wildman–Crippen LogP) is 2.33. The van der Waals surface area contributed by atoms with Gasteiger partial charge in [-0.15, -0.1) is 0 Å². The third-order valence-corrected chi connectivity index (χ3v) is 8.91. The first-order chi connectivity index (χ1) is 19.5. The van der Waals surface area contributed by atoms with Crippen molar-refractivity contribution in [3.8, 4) is 6.07 Å². The number of nitrogens with zero attached hydrogens (tertiary/aromatic N) is 5. The quantitative estimate of drug-likeness (QED) is 0.343. The Kier molecular flexibility index (Phi) is 11.9. The summed E-state index contributed by atoms with van der Waals surface area (Å²) in [5, 5.41) is 16.0. The maximum Gasteiger partial charge on any atom is 0.414 e. The molecule has 0 aromatic carbocycles. The summed E-state index contributed by atoms with van der Waals surface area (Å²) in [6.07, 6.45) is 10.1. The van der Waals surface area contributed by atoms with Gasteiger partial charge in [-0.05, 0) is 32.2 Å². The highest BCUT2D eigenvalue weighted by atomic mass is 16.5. The molecule has 1 atom stereocenters. The van der Waals surface area contributed by atoms with Crippen molar-refractivity contribution >= 4 is 18.0 Å². The molecule has 2 N–H and O–H groups in total.